The maximum atomic E-state index is 13.6. The van der Waals surface area contributed by atoms with Crippen LogP contribution < -0.4 is 5.73 Å². The molecule has 30 heavy (non-hydrogen) atoms. The van der Waals surface area contributed by atoms with Crippen LogP contribution >= 0.6 is 0 Å². The van der Waals surface area contributed by atoms with Crippen LogP contribution in [0.5, 0.6) is 0 Å². The summed E-state index contributed by atoms with van der Waals surface area (Å²) in [6, 6.07) is 0.667. The van der Waals surface area contributed by atoms with Crippen molar-refractivity contribution in [3.63, 3.8) is 0 Å². The molecule has 3 heterocycles. The number of pyridine rings is 1. The van der Waals surface area contributed by atoms with E-state index in [-0.39, 0.29) is 17.8 Å². The minimum Gasteiger partial charge on any atom is -0.416 e. The number of nitrogen functional groups attached to an aromatic ring is 1. The molecule has 0 fully saturated rings. The van der Waals surface area contributed by atoms with E-state index in [0.29, 0.717) is 31.7 Å². The maximum Gasteiger partial charge on any atom is 0.426 e. The number of aliphatic hydroxyl groups is 1. The average molecular weight is 438 g/mol. The van der Waals surface area contributed by atoms with Crippen LogP contribution in [0.4, 0.5) is 32.0 Å². The zero-order valence-corrected chi connectivity index (χ0v) is 15.9. The van der Waals surface area contributed by atoms with Crippen LogP contribution in [0, 0.1) is 0 Å². The lowest BCUT2D eigenvalue weighted by Gasteiger charge is -2.27. The van der Waals surface area contributed by atoms with Gasteiger partial charge >= 0.3 is 12.4 Å². The molecule has 2 aromatic rings. The molecule has 2 unspecified atom stereocenters. The SMILES string of the molecule is CC1CCCCCCC(O)(C(F)(F)F)c2nnc(o2)-c2nc1c(C(F)(F)F)cc2N. The standard InChI is InChI=1S/C18H20F6N4O2/c1-9-6-4-2-3-5-7-16(29,18(22,23)24)15-28-27-14(30-15)13-11(25)8-10(12(9)26-13)17(19,20)21/h8-9,29H,2-7,25H2,1H3. The van der Waals surface area contributed by atoms with Crippen molar-refractivity contribution < 1.29 is 35.9 Å². The number of rotatable bonds is 0. The van der Waals surface area contributed by atoms with Crippen LogP contribution in [0.25, 0.3) is 11.6 Å². The van der Waals surface area contributed by atoms with Gasteiger partial charge in [-0.25, -0.2) is 4.98 Å². The topological polar surface area (TPSA) is 98.1 Å². The number of anilines is 1. The number of hydrogen-bond donors (Lipinski definition) is 2. The highest BCUT2D eigenvalue weighted by atomic mass is 19.4. The van der Waals surface area contributed by atoms with Gasteiger partial charge in [-0.3, -0.25) is 0 Å². The van der Waals surface area contributed by atoms with Crippen molar-refractivity contribution in [2.24, 2.45) is 0 Å². The molecule has 0 amide bonds. The minimum absolute atomic E-state index is 0.0155. The molecule has 0 aliphatic carbocycles. The molecule has 6 nitrogen and oxygen atoms in total. The van der Waals surface area contributed by atoms with Crippen LogP contribution in [0.1, 0.15) is 68.5 Å². The summed E-state index contributed by atoms with van der Waals surface area (Å²) in [5, 5.41) is 17.1. The first-order valence-corrected chi connectivity index (χ1v) is 9.35. The van der Waals surface area contributed by atoms with Gasteiger partial charge in [-0.2, -0.15) is 26.3 Å². The first-order chi connectivity index (χ1) is 13.8. The van der Waals surface area contributed by atoms with Crippen LogP contribution in [0.15, 0.2) is 10.5 Å². The molecule has 3 rings (SSSR count). The van der Waals surface area contributed by atoms with Crippen molar-refractivity contribution in [1.29, 1.82) is 0 Å². The van der Waals surface area contributed by atoms with Gasteiger partial charge in [0.05, 0.1) is 16.9 Å². The molecule has 0 spiro atoms. The molecule has 0 radical (unpaired) electrons. The Labute approximate surface area is 167 Å². The van der Waals surface area contributed by atoms with E-state index in [9.17, 15) is 31.4 Å². The van der Waals surface area contributed by atoms with E-state index in [4.69, 9.17) is 10.2 Å². The van der Waals surface area contributed by atoms with Gasteiger partial charge in [-0.1, -0.05) is 26.2 Å². The Morgan fingerprint density at radius 1 is 1.10 bits per heavy atom. The number of hydrogen-bond acceptors (Lipinski definition) is 6. The predicted molar refractivity (Wildman–Crippen MR) is 93.0 cm³/mol. The number of nitrogens with zero attached hydrogens (tertiary/aromatic N) is 3. The summed E-state index contributed by atoms with van der Waals surface area (Å²) in [7, 11) is 0. The van der Waals surface area contributed by atoms with Crippen molar-refractivity contribution in [1.82, 2.24) is 15.2 Å². The van der Waals surface area contributed by atoms with Crippen LogP contribution in [0.3, 0.4) is 0 Å². The third kappa shape index (κ3) is 4.09. The molecule has 2 aromatic heterocycles. The number of aromatic nitrogens is 3. The lowest BCUT2D eigenvalue weighted by molar-refractivity contribution is -0.277. The second-order valence-corrected chi connectivity index (χ2v) is 7.48. The molecule has 1 aliphatic heterocycles. The van der Waals surface area contributed by atoms with Crippen molar-refractivity contribution in [2.75, 3.05) is 5.73 Å². The molecule has 1 aliphatic rings. The van der Waals surface area contributed by atoms with E-state index in [1.54, 1.807) is 6.92 Å². The second kappa shape index (κ2) is 7.71. The summed E-state index contributed by atoms with van der Waals surface area (Å²) < 4.78 is 86.2. The zero-order chi connectivity index (χ0) is 22.3. The molecule has 166 valence electrons. The van der Waals surface area contributed by atoms with Crippen LogP contribution in [0.2, 0.25) is 0 Å². The Balaban J connectivity index is 2.19. The molecule has 3 N–H and O–H groups in total. The van der Waals surface area contributed by atoms with E-state index in [1.165, 1.54) is 0 Å². The Morgan fingerprint density at radius 3 is 2.40 bits per heavy atom. The van der Waals surface area contributed by atoms with Gasteiger partial charge < -0.3 is 15.3 Å². The smallest absolute Gasteiger partial charge is 0.416 e. The van der Waals surface area contributed by atoms with Gasteiger partial charge in [0.1, 0.15) is 0 Å². The van der Waals surface area contributed by atoms with E-state index in [2.05, 4.69) is 15.2 Å². The highest BCUT2D eigenvalue weighted by Gasteiger charge is 2.58. The van der Waals surface area contributed by atoms with E-state index in [1.807, 2.05) is 0 Å². The maximum absolute atomic E-state index is 13.6. The Bertz CT molecular complexity index is 911. The lowest BCUT2D eigenvalue weighted by Crippen LogP contribution is -2.42. The summed E-state index contributed by atoms with van der Waals surface area (Å²) in [4.78, 5) is 3.96. The van der Waals surface area contributed by atoms with E-state index in [0.717, 1.165) is 0 Å². The Hall–Kier alpha value is -2.37. The van der Waals surface area contributed by atoms with Crippen LogP contribution in [-0.4, -0.2) is 26.5 Å². The highest BCUT2D eigenvalue weighted by Crippen LogP contribution is 2.44. The van der Waals surface area contributed by atoms with Gasteiger partial charge in [-0.05, 0) is 31.2 Å². The third-order valence-electron chi connectivity index (χ3n) is 5.23. The normalized spacial score (nSPS) is 23.8. The first kappa shape index (κ1) is 22.3. The molecule has 12 heteroatoms. The van der Waals surface area contributed by atoms with Crippen molar-refractivity contribution in [3.8, 4) is 11.6 Å². The highest BCUT2D eigenvalue weighted by molar-refractivity contribution is 5.67. The minimum atomic E-state index is -5.09. The van der Waals surface area contributed by atoms with Crippen molar-refractivity contribution in [3.05, 3.63) is 23.2 Å². The molecule has 4 bridgehead atoms. The molecule has 0 aromatic carbocycles. The van der Waals surface area contributed by atoms with E-state index >= 15 is 0 Å². The van der Waals surface area contributed by atoms with Gasteiger partial charge in [-0.15, -0.1) is 10.2 Å². The molecule has 2 atom stereocenters. The summed E-state index contributed by atoms with van der Waals surface area (Å²) in [5.41, 5.74) is 0.169. The van der Waals surface area contributed by atoms with Crippen molar-refractivity contribution in [2.45, 2.75) is 69.3 Å². The monoisotopic (exact) mass is 438 g/mol. The summed E-state index contributed by atoms with van der Waals surface area (Å²) >= 11 is 0. The fourth-order valence-corrected chi connectivity index (χ4v) is 3.49. The lowest BCUT2D eigenvalue weighted by atomic mass is 9.92. The molecule has 0 saturated heterocycles. The quantitative estimate of drug-likeness (QED) is 0.566. The largest absolute Gasteiger partial charge is 0.426 e. The summed E-state index contributed by atoms with van der Waals surface area (Å²) in [5.74, 6) is -2.28. The average Bonchev–Trinajstić information content (AvgIpc) is 3.11. The van der Waals surface area contributed by atoms with Crippen molar-refractivity contribution >= 4 is 5.69 Å². The third-order valence-corrected chi connectivity index (χ3v) is 5.23. The van der Waals surface area contributed by atoms with Gasteiger partial charge in [0, 0.05) is 0 Å². The predicted octanol–water partition coefficient (Wildman–Crippen LogP) is 4.94. The molecular weight excluding hydrogens is 418 g/mol. The fourth-order valence-electron chi connectivity index (χ4n) is 3.49. The van der Waals surface area contributed by atoms with E-state index < -0.39 is 53.3 Å². The number of halogens is 6. The second-order valence-electron chi connectivity index (χ2n) is 7.48. The molecule has 0 saturated carbocycles. The van der Waals surface area contributed by atoms with Gasteiger partial charge in [0.25, 0.3) is 11.8 Å². The number of nitrogens with two attached hydrogens (primary N) is 1. The number of fused-ring (bicyclic) bond motifs is 5. The fraction of sp³-hybridized carbons (Fsp3) is 0.611. The van der Waals surface area contributed by atoms with Gasteiger partial charge in [0.2, 0.25) is 5.60 Å². The number of alkyl halides is 6. The molecular formula is C18H20F6N4O2. The van der Waals surface area contributed by atoms with Crippen LogP contribution in [-0.2, 0) is 11.8 Å². The zero-order valence-electron chi connectivity index (χ0n) is 15.9. The van der Waals surface area contributed by atoms with Gasteiger partial charge in [0.15, 0.2) is 5.69 Å². The Kier molecular flexibility index (Phi) is 5.74. The Morgan fingerprint density at radius 2 is 1.77 bits per heavy atom. The summed E-state index contributed by atoms with van der Waals surface area (Å²) in [6.45, 7) is 1.59. The summed E-state index contributed by atoms with van der Waals surface area (Å²) in [6.07, 6.45) is -8.82. The first-order valence-electron chi connectivity index (χ1n) is 9.35.